The number of benzene rings is 2. The maximum Gasteiger partial charge on any atom is 0.191 e. The molecular weight excluding hydrogens is 360 g/mol. The van der Waals surface area contributed by atoms with E-state index in [1.807, 2.05) is 12.1 Å². The average Bonchev–Trinajstić information content (AvgIpc) is 3.43. The zero-order valence-electron chi connectivity index (χ0n) is 17.1. The van der Waals surface area contributed by atoms with Crippen LogP contribution in [-0.2, 0) is 13.1 Å². The van der Waals surface area contributed by atoms with Gasteiger partial charge in [0.2, 0.25) is 0 Å². The lowest BCUT2D eigenvalue weighted by molar-refractivity contribution is 0.296. The van der Waals surface area contributed by atoms with Crippen molar-refractivity contribution in [2.75, 3.05) is 31.6 Å². The Morgan fingerprint density at radius 3 is 2.62 bits per heavy atom. The Balaban J connectivity index is 1.29. The van der Waals surface area contributed by atoms with E-state index in [0.29, 0.717) is 6.54 Å². The van der Waals surface area contributed by atoms with Gasteiger partial charge in [-0.25, -0.2) is 0 Å². The van der Waals surface area contributed by atoms with Crippen molar-refractivity contribution < 1.29 is 4.74 Å². The standard InChI is InChI=1S/C24H30N4O/c1-25-24(26-16-20-7-6-9-22(15-20)28-13-4-5-14-28)27-17-21-8-2-3-10-23(21)29-18-19-11-12-19/h2-10,15,19H,11-14,16-18H2,1H3,(H2,25,26,27). The first-order valence-corrected chi connectivity index (χ1v) is 10.5. The highest BCUT2D eigenvalue weighted by Gasteiger charge is 2.22. The lowest BCUT2D eigenvalue weighted by atomic mass is 10.2. The van der Waals surface area contributed by atoms with Gasteiger partial charge < -0.3 is 20.3 Å². The third kappa shape index (κ3) is 5.53. The summed E-state index contributed by atoms with van der Waals surface area (Å²) >= 11 is 0. The third-order valence-electron chi connectivity index (χ3n) is 5.37. The summed E-state index contributed by atoms with van der Waals surface area (Å²) in [5, 5.41) is 6.83. The smallest absolute Gasteiger partial charge is 0.191 e. The van der Waals surface area contributed by atoms with Crippen molar-refractivity contribution >= 4 is 11.6 Å². The van der Waals surface area contributed by atoms with Crippen LogP contribution in [0.4, 0.5) is 5.69 Å². The van der Waals surface area contributed by atoms with Crippen LogP contribution in [0.2, 0.25) is 0 Å². The Morgan fingerprint density at radius 1 is 1.03 bits per heavy atom. The molecule has 152 valence electrons. The van der Waals surface area contributed by atoms with Gasteiger partial charge in [0.15, 0.2) is 5.96 Å². The number of rotatable bonds is 8. The van der Waals surface area contributed by atoms with Gasteiger partial charge in [0.05, 0.1) is 6.61 Å². The van der Waals surface area contributed by atoms with Crippen LogP contribution in [0.15, 0.2) is 65.7 Å². The van der Waals surface area contributed by atoms with Crippen molar-refractivity contribution in [3.63, 3.8) is 0 Å². The number of hydrogen-bond acceptors (Lipinski definition) is 3. The largest absolute Gasteiger partial charge is 0.493 e. The second-order valence-electron chi connectivity index (χ2n) is 7.69. The third-order valence-corrected chi connectivity index (χ3v) is 5.37. The monoisotopic (exact) mass is 390 g/mol. The zero-order chi connectivity index (χ0) is 19.9. The number of nitrogens with one attached hydrogen (secondary N) is 2. The van der Waals surface area contributed by atoms with E-state index in [-0.39, 0.29) is 0 Å². The van der Waals surface area contributed by atoms with Crippen LogP contribution in [0.3, 0.4) is 0 Å². The van der Waals surface area contributed by atoms with Crippen LogP contribution >= 0.6 is 0 Å². The molecule has 0 radical (unpaired) electrons. The minimum atomic E-state index is 0.681. The van der Waals surface area contributed by atoms with E-state index in [1.54, 1.807) is 7.05 Å². The van der Waals surface area contributed by atoms with Crippen molar-refractivity contribution in [2.24, 2.45) is 10.9 Å². The molecule has 0 unspecified atom stereocenters. The molecule has 5 nitrogen and oxygen atoms in total. The fraction of sp³-hybridized carbons (Fsp3) is 0.375. The second-order valence-corrected chi connectivity index (χ2v) is 7.69. The first kappa shape index (κ1) is 19.4. The lowest BCUT2D eigenvalue weighted by Crippen LogP contribution is -2.36. The molecule has 1 fully saturated rings. The molecule has 0 atom stereocenters. The summed E-state index contributed by atoms with van der Waals surface area (Å²) < 4.78 is 6.01. The Labute approximate surface area is 173 Å². The Bertz CT molecular complexity index is 865. The van der Waals surface area contributed by atoms with Gasteiger partial charge in [-0.1, -0.05) is 42.5 Å². The Kier molecular flexibility index (Phi) is 6.35. The highest BCUT2D eigenvalue weighted by molar-refractivity contribution is 5.79. The molecule has 2 aromatic rings. The summed E-state index contributed by atoms with van der Waals surface area (Å²) in [6, 6.07) is 16.9. The van der Waals surface area contributed by atoms with Crippen molar-refractivity contribution in [3.8, 4) is 5.75 Å². The zero-order valence-corrected chi connectivity index (χ0v) is 17.1. The van der Waals surface area contributed by atoms with E-state index in [4.69, 9.17) is 4.74 Å². The first-order chi connectivity index (χ1) is 14.3. The van der Waals surface area contributed by atoms with Crippen LogP contribution in [0, 0.1) is 5.92 Å². The van der Waals surface area contributed by atoms with Gasteiger partial charge in [0, 0.05) is 44.5 Å². The van der Waals surface area contributed by atoms with Crippen molar-refractivity contribution in [1.82, 2.24) is 10.6 Å². The van der Waals surface area contributed by atoms with E-state index >= 15 is 0 Å². The highest BCUT2D eigenvalue weighted by Crippen LogP contribution is 2.30. The molecule has 0 bridgehead atoms. The predicted molar refractivity (Wildman–Crippen MR) is 119 cm³/mol. The number of hydrogen-bond donors (Lipinski definition) is 2. The van der Waals surface area contributed by atoms with E-state index in [0.717, 1.165) is 49.4 Å². The Hall–Kier alpha value is -2.95. The molecule has 1 aliphatic heterocycles. The molecule has 0 spiro atoms. The van der Waals surface area contributed by atoms with Gasteiger partial charge in [-0.2, -0.15) is 0 Å². The molecule has 2 N–H and O–H groups in total. The minimum Gasteiger partial charge on any atom is -0.493 e. The van der Waals surface area contributed by atoms with Gasteiger partial charge in [0.1, 0.15) is 5.75 Å². The van der Waals surface area contributed by atoms with Gasteiger partial charge in [-0.05, 0) is 42.5 Å². The van der Waals surface area contributed by atoms with Crippen molar-refractivity contribution in [1.29, 1.82) is 0 Å². The number of guanidine groups is 1. The summed E-state index contributed by atoms with van der Waals surface area (Å²) in [5.41, 5.74) is 3.66. The Morgan fingerprint density at radius 2 is 1.83 bits per heavy atom. The molecule has 0 aromatic heterocycles. The molecule has 2 aromatic carbocycles. The summed E-state index contributed by atoms with van der Waals surface area (Å²) in [5.74, 6) is 2.50. The first-order valence-electron chi connectivity index (χ1n) is 10.5. The lowest BCUT2D eigenvalue weighted by Gasteiger charge is -2.19. The highest BCUT2D eigenvalue weighted by atomic mass is 16.5. The number of ether oxygens (including phenoxy) is 1. The van der Waals surface area contributed by atoms with E-state index < -0.39 is 0 Å². The van der Waals surface area contributed by atoms with Crippen LogP contribution in [0.25, 0.3) is 0 Å². The number of para-hydroxylation sites is 1. The minimum absolute atomic E-state index is 0.681. The van der Waals surface area contributed by atoms with Gasteiger partial charge in [0.25, 0.3) is 0 Å². The van der Waals surface area contributed by atoms with Gasteiger partial charge in [-0.3, -0.25) is 4.99 Å². The summed E-state index contributed by atoms with van der Waals surface area (Å²) in [7, 11) is 1.80. The quantitative estimate of drug-likeness (QED) is 0.410. The topological polar surface area (TPSA) is 48.9 Å². The normalized spacial score (nSPS) is 16.2. The van der Waals surface area contributed by atoms with Crippen LogP contribution < -0.4 is 20.3 Å². The maximum atomic E-state index is 6.01. The predicted octanol–water partition coefficient (Wildman–Crippen LogP) is 3.72. The van der Waals surface area contributed by atoms with Gasteiger partial charge >= 0.3 is 0 Å². The van der Waals surface area contributed by atoms with Crippen molar-refractivity contribution in [3.05, 3.63) is 71.8 Å². The van der Waals surface area contributed by atoms with Crippen LogP contribution in [-0.4, -0.2) is 32.7 Å². The summed E-state index contributed by atoms with van der Waals surface area (Å²) in [4.78, 5) is 6.72. The fourth-order valence-corrected chi connectivity index (χ4v) is 3.42. The number of anilines is 1. The second kappa shape index (κ2) is 9.50. The van der Waals surface area contributed by atoms with Crippen molar-refractivity contribution in [2.45, 2.75) is 25.9 Å². The maximum absolute atomic E-state index is 6.01. The summed E-state index contributed by atoms with van der Waals surface area (Å²) in [6.07, 6.45) is 7.02. The molecule has 1 aliphatic carbocycles. The molecule has 2 aliphatic rings. The molecule has 29 heavy (non-hydrogen) atoms. The summed E-state index contributed by atoms with van der Waals surface area (Å²) in [6.45, 7) is 4.21. The molecule has 5 heteroatoms. The molecule has 0 amide bonds. The van der Waals surface area contributed by atoms with Gasteiger partial charge in [-0.15, -0.1) is 0 Å². The molecule has 1 saturated carbocycles. The molecule has 1 heterocycles. The fourth-order valence-electron chi connectivity index (χ4n) is 3.42. The number of nitrogens with zero attached hydrogens (tertiary/aromatic N) is 2. The van der Waals surface area contributed by atoms with E-state index in [1.165, 1.54) is 24.1 Å². The molecular formula is C24H30N4O. The molecule has 4 rings (SSSR count). The van der Waals surface area contributed by atoms with Crippen LogP contribution in [0.1, 0.15) is 24.0 Å². The average molecular weight is 391 g/mol. The van der Waals surface area contributed by atoms with Crippen LogP contribution in [0.5, 0.6) is 5.75 Å². The van der Waals surface area contributed by atoms with E-state index in [2.05, 4.69) is 69.1 Å². The molecule has 0 saturated heterocycles. The SMILES string of the molecule is CN=C(NCc1cccc(N2CC=CC2)c1)NCc1ccccc1OCC1CC1. The van der Waals surface area contributed by atoms with E-state index in [9.17, 15) is 0 Å². The number of aliphatic imine (C=N–C) groups is 1.